The Bertz CT molecular complexity index is 564. The summed E-state index contributed by atoms with van der Waals surface area (Å²) in [5.41, 5.74) is 0.439. The second-order valence-electron chi connectivity index (χ2n) is 4.47. The Balaban J connectivity index is 2.47. The van der Waals surface area contributed by atoms with Gasteiger partial charge in [-0.1, -0.05) is 0 Å². The second-order valence-corrected chi connectivity index (χ2v) is 6.58. The Morgan fingerprint density at radius 1 is 1.29 bits per heavy atom. The van der Waals surface area contributed by atoms with Gasteiger partial charge >= 0.3 is 0 Å². The molecule has 116 valence electrons. The number of methoxy groups -OCH3 is 2. The molecule has 0 heterocycles. The van der Waals surface area contributed by atoms with Gasteiger partial charge in [-0.25, -0.2) is 8.42 Å². The van der Waals surface area contributed by atoms with Crippen LogP contribution in [-0.2, 0) is 19.3 Å². The predicted molar refractivity (Wildman–Crippen MR) is 78.8 cm³/mol. The number of nitrogens with one attached hydrogen (secondary N) is 1. The fourth-order valence-corrected chi connectivity index (χ4v) is 2.92. The first kappa shape index (κ1) is 17.6. The molecule has 7 heteroatoms. The molecule has 0 aliphatic heterocycles. The van der Waals surface area contributed by atoms with E-state index in [0.717, 1.165) is 0 Å². The summed E-state index contributed by atoms with van der Waals surface area (Å²) < 4.78 is 34.3. The van der Waals surface area contributed by atoms with E-state index in [1.54, 1.807) is 14.2 Å². The summed E-state index contributed by atoms with van der Waals surface area (Å²) in [5.74, 6) is -0.0116. The molecule has 1 aromatic carbocycles. The highest BCUT2D eigenvalue weighted by Crippen LogP contribution is 2.11. The molecule has 1 unspecified atom stereocenters. The maximum atomic E-state index is 12.1. The maximum Gasteiger partial charge on any atom is 0.179 e. The minimum atomic E-state index is -3.35. The maximum absolute atomic E-state index is 12.1. The molecule has 0 aliphatic rings. The van der Waals surface area contributed by atoms with E-state index in [0.29, 0.717) is 25.3 Å². The smallest absolute Gasteiger partial charge is 0.179 e. The van der Waals surface area contributed by atoms with Crippen molar-refractivity contribution in [3.63, 3.8) is 0 Å². The topological polar surface area (TPSA) is 88.4 Å². The molecule has 0 aliphatic carbocycles. The van der Waals surface area contributed by atoms with E-state index in [1.165, 1.54) is 24.3 Å². The van der Waals surface area contributed by atoms with E-state index in [4.69, 9.17) is 14.7 Å². The number of hydrogen-bond acceptors (Lipinski definition) is 6. The normalized spacial score (nSPS) is 12.8. The first-order chi connectivity index (χ1) is 10.0. The molecule has 21 heavy (non-hydrogen) atoms. The predicted octanol–water partition coefficient (Wildman–Crippen LogP) is 0.583. The first-order valence-corrected chi connectivity index (χ1v) is 8.14. The van der Waals surface area contributed by atoms with Crippen molar-refractivity contribution >= 4 is 9.84 Å². The summed E-state index contributed by atoms with van der Waals surface area (Å²) in [6.45, 7) is 1.30. The minimum Gasteiger partial charge on any atom is -0.382 e. The molecule has 0 fully saturated rings. The molecule has 0 amide bonds. The summed E-state index contributed by atoms with van der Waals surface area (Å²) in [7, 11) is -0.179. The number of nitrogens with zero attached hydrogens (tertiary/aromatic N) is 1. The second kappa shape index (κ2) is 8.74. The van der Waals surface area contributed by atoms with Gasteiger partial charge in [-0.2, -0.15) is 5.26 Å². The summed E-state index contributed by atoms with van der Waals surface area (Å²) in [6.07, 6.45) is -0.104. The van der Waals surface area contributed by atoms with Crippen molar-refractivity contribution in [1.29, 1.82) is 5.26 Å². The Kier molecular flexibility index (Phi) is 7.32. The van der Waals surface area contributed by atoms with Crippen LogP contribution < -0.4 is 5.32 Å². The van der Waals surface area contributed by atoms with Crippen molar-refractivity contribution in [1.82, 2.24) is 5.32 Å². The molecule has 0 bridgehead atoms. The van der Waals surface area contributed by atoms with Crippen LogP contribution in [0.4, 0.5) is 0 Å². The van der Waals surface area contributed by atoms with Crippen molar-refractivity contribution in [2.75, 3.05) is 39.7 Å². The molecule has 0 radical (unpaired) electrons. The van der Waals surface area contributed by atoms with Crippen molar-refractivity contribution in [2.24, 2.45) is 0 Å². The van der Waals surface area contributed by atoms with Crippen molar-refractivity contribution in [3.05, 3.63) is 29.8 Å². The molecule has 1 aromatic rings. The summed E-state index contributed by atoms with van der Waals surface area (Å²) in [5, 5.41) is 11.7. The highest BCUT2D eigenvalue weighted by atomic mass is 32.2. The molecule has 0 spiro atoms. The molecule has 1 atom stereocenters. The van der Waals surface area contributed by atoms with Gasteiger partial charge in [0.25, 0.3) is 0 Å². The van der Waals surface area contributed by atoms with Crippen LogP contribution in [-0.4, -0.2) is 54.2 Å². The number of rotatable bonds is 9. The third-order valence-electron chi connectivity index (χ3n) is 2.95. The third-order valence-corrected chi connectivity index (χ3v) is 4.68. The molecular weight excluding hydrogens is 292 g/mol. The molecule has 0 saturated heterocycles. The Labute approximate surface area is 125 Å². The van der Waals surface area contributed by atoms with Crippen LogP contribution in [0.2, 0.25) is 0 Å². The molecule has 0 saturated carbocycles. The molecule has 1 rings (SSSR count). The molecule has 1 N–H and O–H groups in total. The van der Waals surface area contributed by atoms with Gasteiger partial charge in [-0.05, 0) is 24.3 Å². The number of hydrogen-bond donors (Lipinski definition) is 1. The van der Waals surface area contributed by atoms with Crippen molar-refractivity contribution < 1.29 is 17.9 Å². The number of ether oxygens (including phenoxy) is 2. The summed E-state index contributed by atoms with van der Waals surface area (Å²) in [4.78, 5) is 0.225. The van der Waals surface area contributed by atoms with Gasteiger partial charge in [0.1, 0.15) is 0 Å². The van der Waals surface area contributed by atoms with Crippen LogP contribution in [0.15, 0.2) is 29.2 Å². The van der Waals surface area contributed by atoms with Crippen LogP contribution in [0.1, 0.15) is 5.56 Å². The van der Waals surface area contributed by atoms with E-state index in [9.17, 15) is 8.42 Å². The summed E-state index contributed by atoms with van der Waals surface area (Å²) in [6, 6.07) is 7.87. The first-order valence-electron chi connectivity index (χ1n) is 6.49. The standard InChI is InChI=1S/C14H20N2O4S/c1-19-11-13(20-2)10-16-7-8-21(17,18)14-5-3-12(9-15)4-6-14/h3-6,13,16H,7-8,10-11H2,1-2H3. The molecular formula is C14H20N2O4S. The van der Waals surface area contributed by atoms with Crippen LogP contribution in [0, 0.1) is 11.3 Å². The van der Waals surface area contributed by atoms with Gasteiger partial charge in [-0.15, -0.1) is 0 Å². The number of sulfone groups is 1. The Morgan fingerprint density at radius 2 is 1.95 bits per heavy atom. The fraction of sp³-hybridized carbons (Fsp3) is 0.500. The zero-order valence-electron chi connectivity index (χ0n) is 12.2. The van der Waals surface area contributed by atoms with Gasteiger partial charge in [0.05, 0.1) is 35.0 Å². The van der Waals surface area contributed by atoms with Crippen LogP contribution in [0.3, 0.4) is 0 Å². The minimum absolute atomic E-state index is 0.0116. The Morgan fingerprint density at radius 3 is 2.48 bits per heavy atom. The number of benzene rings is 1. The summed E-state index contributed by atoms with van der Waals surface area (Å²) >= 11 is 0. The Hall–Kier alpha value is -1.46. The van der Waals surface area contributed by atoms with E-state index in [-0.39, 0.29) is 16.8 Å². The largest absolute Gasteiger partial charge is 0.382 e. The van der Waals surface area contributed by atoms with Gasteiger partial charge in [0, 0.05) is 27.3 Å². The lowest BCUT2D eigenvalue weighted by Crippen LogP contribution is -2.34. The number of nitriles is 1. The van der Waals surface area contributed by atoms with Crippen molar-refractivity contribution in [3.8, 4) is 6.07 Å². The van der Waals surface area contributed by atoms with Crippen molar-refractivity contribution in [2.45, 2.75) is 11.0 Å². The lowest BCUT2D eigenvalue weighted by Gasteiger charge is -2.15. The average molecular weight is 312 g/mol. The highest BCUT2D eigenvalue weighted by Gasteiger charge is 2.14. The third kappa shape index (κ3) is 5.81. The zero-order chi connectivity index (χ0) is 15.7. The van der Waals surface area contributed by atoms with E-state index in [1.807, 2.05) is 6.07 Å². The quantitative estimate of drug-likeness (QED) is 0.671. The highest BCUT2D eigenvalue weighted by molar-refractivity contribution is 7.91. The van der Waals surface area contributed by atoms with Crippen LogP contribution >= 0.6 is 0 Å². The zero-order valence-corrected chi connectivity index (χ0v) is 13.0. The average Bonchev–Trinajstić information content (AvgIpc) is 2.50. The SMILES string of the molecule is COCC(CNCCS(=O)(=O)c1ccc(C#N)cc1)OC. The lowest BCUT2D eigenvalue weighted by atomic mass is 10.2. The van der Waals surface area contributed by atoms with Gasteiger partial charge in [-0.3, -0.25) is 0 Å². The van der Waals surface area contributed by atoms with Gasteiger partial charge in [0.15, 0.2) is 9.84 Å². The van der Waals surface area contributed by atoms with E-state index >= 15 is 0 Å². The fourth-order valence-electron chi connectivity index (χ4n) is 1.72. The van der Waals surface area contributed by atoms with E-state index < -0.39 is 9.84 Å². The molecule has 6 nitrogen and oxygen atoms in total. The van der Waals surface area contributed by atoms with Crippen LogP contribution in [0.25, 0.3) is 0 Å². The van der Waals surface area contributed by atoms with E-state index in [2.05, 4.69) is 5.32 Å². The van der Waals surface area contributed by atoms with Gasteiger partial charge < -0.3 is 14.8 Å². The van der Waals surface area contributed by atoms with Crippen LogP contribution in [0.5, 0.6) is 0 Å². The van der Waals surface area contributed by atoms with Gasteiger partial charge in [0.2, 0.25) is 0 Å². The monoisotopic (exact) mass is 312 g/mol. The molecule has 0 aromatic heterocycles. The lowest BCUT2D eigenvalue weighted by molar-refractivity contribution is 0.0293.